The molecule has 1 amide bonds. The summed E-state index contributed by atoms with van der Waals surface area (Å²) in [7, 11) is 4.16. The van der Waals surface area contributed by atoms with Crippen LogP contribution < -0.4 is 10.2 Å². The van der Waals surface area contributed by atoms with Gasteiger partial charge in [0.15, 0.2) is 0 Å². The van der Waals surface area contributed by atoms with Crippen molar-refractivity contribution in [3.8, 4) is 0 Å². The molecular formula is C18H23N2O+. The number of hydrogen-bond donors (Lipinski definition) is 2. The van der Waals surface area contributed by atoms with E-state index in [4.69, 9.17) is 0 Å². The van der Waals surface area contributed by atoms with E-state index in [1.54, 1.807) is 0 Å². The van der Waals surface area contributed by atoms with Gasteiger partial charge in [-0.25, -0.2) is 0 Å². The zero-order valence-corrected chi connectivity index (χ0v) is 12.7. The van der Waals surface area contributed by atoms with Gasteiger partial charge in [-0.05, 0) is 11.1 Å². The topological polar surface area (TPSA) is 33.5 Å². The molecule has 0 heterocycles. The fraction of sp³-hybridized carbons (Fsp3) is 0.278. The number of amides is 1. The Morgan fingerprint density at radius 3 is 1.86 bits per heavy atom. The Kier molecular flexibility index (Phi) is 5.52. The molecule has 2 aromatic carbocycles. The van der Waals surface area contributed by atoms with Crippen molar-refractivity contribution in [1.82, 2.24) is 5.32 Å². The highest BCUT2D eigenvalue weighted by molar-refractivity contribution is 5.87. The molecule has 2 N–H and O–H groups in total. The average Bonchev–Trinajstić information content (AvgIpc) is 2.49. The lowest BCUT2D eigenvalue weighted by Crippen LogP contribution is -3.06. The Hall–Kier alpha value is -2.13. The SMILES string of the molecule is C[NH+](C)CCNC(=O)C(c1ccccc1)c1ccccc1. The molecule has 0 aromatic heterocycles. The number of rotatable bonds is 6. The molecule has 0 aliphatic rings. The zero-order valence-electron chi connectivity index (χ0n) is 12.7. The van der Waals surface area contributed by atoms with Crippen LogP contribution in [-0.4, -0.2) is 33.1 Å². The lowest BCUT2D eigenvalue weighted by Gasteiger charge is -2.18. The fourth-order valence-electron chi connectivity index (χ4n) is 2.32. The molecule has 21 heavy (non-hydrogen) atoms. The van der Waals surface area contributed by atoms with E-state index in [1.807, 2.05) is 60.7 Å². The molecule has 0 atom stereocenters. The molecule has 2 aromatic rings. The van der Waals surface area contributed by atoms with Crippen molar-refractivity contribution in [2.24, 2.45) is 0 Å². The van der Waals surface area contributed by atoms with E-state index < -0.39 is 0 Å². The van der Waals surface area contributed by atoms with Gasteiger partial charge in [-0.15, -0.1) is 0 Å². The Bertz CT molecular complexity index is 512. The maximum atomic E-state index is 12.6. The maximum Gasteiger partial charge on any atom is 0.232 e. The van der Waals surface area contributed by atoms with Crippen LogP contribution in [0.25, 0.3) is 0 Å². The molecule has 0 aliphatic carbocycles. The highest BCUT2D eigenvalue weighted by Gasteiger charge is 2.22. The Balaban J connectivity index is 2.19. The summed E-state index contributed by atoms with van der Waals surface area (Å²) in [6.07, 6.45) is 0. The molecule has 2 rings (SSSR count). The van der Waals surface area contributed by atoms with Crippen LogP contribution in [0.3, 0.4) is 0 Å². The molecule has 0 spiro atoms. The molecule has 3 heteroatoms. The van der Waals surface area contributed by atoms with Crippen molar-refractivity contribution in [2.45, 2.75) is 5.92 Å². The van der Waals surface area contributed by atoms with E-state index in [0.717, 1.165) is 17.7 Å². The van der Waals surface area contributed by atoms with Gasteiger partial charge in [0.2, 0.25) is 5.91 Å². The van der Waals surface area contributed by atoms with Gasteiger partial charge >= 0.3 is 0 Å². The van der Waals surface area contributed by atoms with E-state index in [1.165, 1.54) is 4.90 Å². The van der Waals surface area contributed by atoms with Crippen molar-refractivity contribution in [2.75, 3.05) is 27.2 Å². The number of carbonyl (C=O) groups excluding carboxylic acids is 1. The summed E-state index contributed by atoms with van der Waals surface area (Å²) >= 11 is 0. The Morgan fingerprint density at radius 1 is 0.952 bits per heavy atom. The minimum absolute atomic E-state index is 0.0636. The van der Waals surface area contributed by atoms with Gasteiger partial charge in [-0.2, -0.15) is 0 Å². The van der Waals surface area contributed by atoms with Gasteiger partial charge in [0.25, 0.3) is 0 Å². The smallest absolute Gasteiger partial charge is 0.232 e. The van der Waals surface area contributed by atoms with Crippen LogP contribution in [0.4, 0.5) is 0 Å². The predicted molar refractivity (Wildman–Crippen MR) is 85.4 cm³/mol. The first-order valence-electron chi connectivity index (χ1n) is 7.35. The molecular weight excluding hydrogens is 260 g/mol. The fourth-order valence-corrected chi connectivity index (χ4v) is 2.32. The van der Waals surface area contributed by atoms with Gasteiger partial charge in [-0.3, -0.25) is 4.79 Å². The first-order valence-corrected chi connectivity index (χ1v) is 7.35. The molecule has 0 saturated carbocycles. The highest BCUT2D eigenvalue weighted by atomic mass is 16.1. The third kappa shape index (κ3) is 4.43. The lowest BCUT2D eigenvalue weighted by atomic mass is 9.90. The van der Waals surface area contributed by atoms with Gasteiger partial charge in [0, 0.05) is 0 Å². The van der Waals surface area contributed by atoms with Crippen LogP contribution >= 0.6 is 0 Å². The number of quaternary nitrogens is 1. The minimum Gasteiger partial charge on any atom is -0.350 e. The van der Waals surface area contributed by atoms with Gasteiger partial charge in [-0.1, -0.05) is 60.7 Å². The standard InChI is InChI=1S/C18H22N2O/c1-20(2)14-13-19-18(21)17(15-9-5-3-6-10-15)16-11-7-4-8-12-16/h3-12,17H,13-14H2,1-2H3,(H,19,21)/p+1. The summed E-state index contributed by atoms with van der Waals surface area (Å²) in [5.41, 5.74) is 2.05. The average molecular weight is 283 g/mol. The molecule has 0 aliphatic heterocycles. The number of benzene rings is 2. The van der Waals surface area contributed by atoms with Crippen LogP contribution in [0.1, 0.15) is 17.0 Å². The van der Waals surface area contributed by atoms with Crippen LogP contribution in [0.5, 0.6) is 0 Å². The van der Waals surface area contributed by atoms with Gasteiger partial charge < -0.3 is 10.2 Å². The molecule has 110 valence electrons. The van der Waals surface area contributed by atoms with Crippen molar-refractivity contribution >= 4 is 5.91 Å². The summed E-state index contributed by atoms with van der Waals surface area (Å²) in [4.78, 5) is 13.9. The summed E-state index contributed by atoms with van der Waals surface area (Å²) < 4.78 is 0. The maximum absolute atomic E-state index is 12.6. The largest absolute Gasteiger partial charge is 0.350 e. The second kappa shape index (κ2) is 7.60. The minimum atomic E-state index is -0.246. The lowest BCUT2D eigenvalue weighted by molar-refractivity contribution is -0.856. The molecule has 0 fully saturated rings. The van der Waals surface area contributed by atoms with Gasteiger partial charge in [0.05, 0.1) is 33.1 Å². The number of hydrogen-bond acceptors (Lipinski definition) is 1. The van der Waals surface area contributed by atoms with Crippen LogP contribution in [0.2, 0.25) is 0 Å². The first kappa shape index (κ1) is 15.3. The predicted octanol–water partition coefficient (Wildman–Crippen LogP) is 1.08. The molecule has 0 radical (unpaired) electrons. The molecule has 0 bridgehead atoms. The van der Waals surface area contributed by atoms with Crippen molar-refractivity contribution in [3.63, 3.8) is 0 Å². The number of carbonyl (C=O) groups is 1. The van der Waals surface area contributed by atoms with Gasteiger partial charge in [0.1, 0.15) is 0 Å². The summed E-state index contributed by atoms with van der Waals surface area (Å²) in [5.74, 6) is -0.182. The van der Waals surface area contributed by atoms with Crippen molar-refractivity contribution < 1.29 is 9.69 Å². The van der Waals surface area contributed by atoms with E-state index in [2.05, 4.69) is 19.4 Å². The Labute approximate surface area is 126 Å². The normalized spacial score (nSPS) is 10.9. The number of nitrogens with one attached hydrogen (secondary N) is 2. The van der Waals surface area contributed by atoms with Crippen LogP contribution in [-0.2, 0) is 4.79 Å². The van der Waals surface area contributed by atoms with Crippen LogP contribution in [0, 0.1) is 0 Å². The second-order valence-corrected chi connectivity index (χ2v) is 5.50. The Morgan fingerprint density at radius 2 is 1.43 bits per heavy atom. The number of likely N-dealkylation sites (N-methyl/N-ethyl adjacent to an activating group) is 1. The monoisotopic (exact) mass is 283 g/mol. The summed E-state index contributed by atoms with van der Waals surface area (Å²) in [6, 6.07) is 19.9. The summed E-state index contributed by atoms with van der Waals surface area (Å²) in [5, 5.41) is 3.05. The highest BCUT2D eigenvalue weighted by Crippen LogP contribution is 2.24. The molecule has 3 nitrogen and oxygen atoms in total. The van der Waals surface area contributed by atoms with Crippen LogP contribution in [0.15, 0.2) is 60.7 Å². The quantitative estimate of drug-likeness (QED) is 0.817. The third-order valence-corrected chi connectivity index (χ3v) is 3.45. The summed E-state index contributed by atoms with van der Waals surface area (Å²) in [6.45, 7) is 1.61. The van der Waals surface area contributed by atoms with E-state index in [9.17, 15) is 4.79 Å². The van der Waals surface area contributed by atoms with Crippen molar-refractivity contribution in [1.29, 1.82) is 0 Å². The molecule has 0 saturated heterocycles. The molecule has 0 unspecified atom stereocenters. The van der Waals surface area contributed by atoms with E-state index >= 15 is 0 Å². The van der Waals surface area contributed by atoms with Crippen molar-refractivity contribution in [3.05, 3.63) is 71.8 Å². The first-order chi connectivity index (χ1) is 10.2. The third-order valence-electron chi connectivity index (χ3n) is 3.45. The second-order valence-electron chi connectivity index (χ2n) is 5.50. The van der Waals surface area contributed by atoms with E-state index in [-0.39, 0.29) is 11.8 Å². The zero-order chi connectivity index (χ0) is 15.1. The van der Waals surface area contributed by atoms with E-state index in [0.29, 0.717) is 6.54 Å².